The minimum Gasteiger partial charge on any atom is -0.377 e. The molecule has 2 aliphatic rings. The molecule has 0 unspecified atom stereocenters. The number of carbonyl (C=O) groups excluding carboxylic acids is 1. The Morgan fingerprint density at radius 1 is 1.09 bits per heavy atom. The Kier molecular flexibility index (Phi) is 5.74. The molecule has 1 N–H and O–H groups in total. The van der Waals surface area contributed by atoms with Crippen molar-refractivity contribution in [1.29, 1.82) is 0 Å². The summed E-state index contributed by atoms with van der Waals surface area (Å²) in [4.78, 5) is 25.4. The number of hydrogen-bond donors (Lipinski definition) is 1. The summed E-state index contributed by atoms with van der Waals surface area (Å²) in [5, 5.41) is 1.11. The zero-order valence-electron chi connectivity index (χ0n) is 20.0. The van der Waals surface area contributed by atoms with E-state index in [2.05, 4.69) is 54.3 Å². The molecule has 174 valence electrons. The first-order valence-electron chi connectivity index (χ1n) is 11.9. The van der Waals surface area contributed by atoms with Gasteiger partial charge in [0.15, 0.2) is 5.78 Å². The topological polar surface area (TPSA) is 54.5 Å². The average Bonchev–Trinajstić information content (AvgIpc) is 3.26. The molecule has 3 aromatic rings. The van der Waals surface area contributed by atoms with Crippen LogP contribution in [-0.2, 0) is 10.3 Å². The molecular formula is C29H31N3O2. The standard InChI is InChI=1S/C29H31N3O2/c1-28(2,3)24-10-8-21(9-11-24)27(33)12-15-32-16-13-29(14-17-32)19-26(31-34-29)23-18-22-6-4-5-7-25(22)30-20-23/h4-12,15,18-20,31H,13-14,16-17H2,1-3H3. The number of nitrogens with zero attached hydrogens (tertiary/aromatic N) is 2. The zero-order chi connectivity index (χ0) is 23.8. The van der Waals surface area contributed by atoms with Crippen LogP contribution in [0.1, 0.15) is 55.1 Å². The molecule has 1 fully saturated rings. The molecule has 1 spiro atoms. The molecule has 0 aliphatic carbocycles. The molecular weight excluding hydrogens is 422 g/mol. The van der Waals surface area contributed by atoms with Crippen LogP contribution in [-0.4, -0.2) is 34.4 Å². The van der Waals surface area contributed by atoms with Crippen molar-refractivity contribution in [2.75, 3.05) is 13.1 Å². The number of rotatable bonds is 4. The summed E-state index contributed by atoms with van der Waals surface area (Å²) in [6.45, 7) is 8.18. The van der Waals surface area contributed by atoms with E-state index in [0.717, 1.165) is 53.7 Å². The normalized spacial score (nSPS) is 17.9. The minimum atomic E-state index is -0.321. The van der Waals surface area contributed by atoms with Gasteiger partial charge in [-0.05, 0) is 29.2 Å². The van der Waals surface area contributed by atoms with Crippen molar-refractivity contribution >= 4 is 22.4 Å². The van der Waals surface area contributed by atoms with Gasteiger partial charge in [-0.1, -0.05) is 63.2 Å². The highest BCUT2D eigenvalue weighted by Gasteiger charge is 2.38. The number of para-hydroxylation sites is 1. The molecule has 5 rings (SSSR count). The quantitative estimate of drug-likeness (QED) is 0.409. The largest absolute Gasteiger partial charge is 0.377 e. The van der Waals surface area contributed by atoms with Crippen LogP contribution in [0.4, 0.5) is 0 Å². The number of ketones is 1. The summed E-state index contributed by atoms with van der Waals surface area (Å²) in [6.07, 6.45) is 9.39. The highest BCUT2D eigenvalue weighted by Crippen LogP contribution is 2.35. The third-order valence-electron chi connectivity index (χ3n) is 6.79. The zero-order valence-corrected chi connectivity index (χ0v) is 20.0. The van der Waals surface area contributed by atoms with E-state index in [-0.39, 0.29) is 16.8 Å². The van der Waals surface area contributed by atoms with Crippen molar-refractivity contribution in [3.8, 4) is 0 Å². The number of benzene rings is 2. The summed E-state index contributed by atoms with van der Waals surface area (Å²) in [5.41, 5.74) is 7.82. The number of allylic oxidation sites excluding steroid dienone is 1. The molecule has 1 saturated heterocycles. The van der Waals surface area contributed by atoms with Crippen LogP contribution in [0, 0.1) is 0 Å². The van der Waals surface area contributed by atoms with Crippen molar-refractivity contribution in [1.82, 2.24) is 15.4 Å². The molecule has 2 aliphatic heterocycles. The molecule has 3 heterocycles. The van der Waals surface area contributed by atoms with Crippen LogP contribution in [0.25, 0.3) is 16.6 Å². The Bertz CT molecular complexity index is 1260. The Labute approximate surface area is 201 Å². The maximum atomic E-state index is 12.6. The van der Waals surface area contributed by atoms with Gasteiger partial charge in [0.2, 0.25) is 0 Å². The van der Waals surface area contributed by atoms with Gasteiger partial charge in [-0.15, -0.1) is 0 Å². The highest BCUT2D eigenvalue weighted by molar-refractivity contribution is 6.04. The van der Waals surface area contributed by atoms with Crippen LogP contribution in [0.3, 0.4) is 0 Å². The van der Waals surface area contributed by atoms with Gasteiger partial charge in [-0.3, -0.25) is 20.1 Å². The SMILES string of the molecule is CC(C)(C)c1ccc(C(=O)C=CN2CCC3(C=C(c4cnc5ccccc5c4)NO3)CC2)cc1. The van der Waals surface area contributed by atoms with Gasteiger partial charge in [0, 0.05) is 60.9 Å². The Morgan fingerprint density at radius 2 is 1.82 bits per heavy atom. The van der Waals surface area contributed by atoms with Crippen molar-refractivity contribution in [2.45, 2.75) is 44.6 Å². The van der Waals surface area contributed by atoms with E-state index >= 15 is 0 Å². The third kappa shape index (κ3) is 4.62. The second-order valence-corrected chi connectivity index (χ2v) is 10.3. The summed E-state index contributed by atoms with van der Waals surface area (Å²) >= 11 is 0. The predicted octanol–water partition coefficient (Wildman–Crippen LogP) is 5.64. The van der Waals surface area contributed by atoms with Crippen LogP contribution in [0.15, 0.2) is 79.1 Å². The fourth-order valence-electron chi connectivity index (χ4n) is 4.54. The number of nitrogens with one attached hydrogen (secondary N) is 1. The first-order valence-corrected chi connectivity index (χ1v) is 11.9. The summed E-state index contributed by atoms with van der Waals surface area (Å²) in [5.74, 6) is 0.0329. The highest BCUT2D eigenvalue weighted by atomic mass is 16.7. The number of piperidine rings is 1. The van der Waals surface area contributed by atoms with Gasteiger partial charge >= 0.3 is 0 Å². The maximum Gasteiger partial charge on any atom is 0.187 e. The molecule has 0 bridgehead atoms. The van der Waals surface area contributed by atoms with E-state index in [1.807, 2.05) is 54.9 Å². The number of hydroxylamine groups is 1. The predicted molar refractivity (Wildman–Crippen MR) is 136 cm³/mol. The van der Waals surface area contributed by atoms with E-state index in [1.54, 1.807) is 6.08 Å². The monoisotopic (exact) mass is 453 g/mol. The fourth-order valence-corrected chi connectivity index (χ4v) is 4.54. The molecule has 0 atom stereocenters. The van der Waals surface area contributed by atoms with Crippen molar-refractivity contribution in [3.05, 3.63) is 95.8 Å². The van der Waals surface area contributed by atoms with Crippen molar-refractivity contribution in [3.63, 3.8) is 0 Å². The number of hydrogen-bond acceptors (Lipinski definition) is 5. The summed E-state index contributed by atoms with van der Waals surface area (Å²) < 4.78 is 0. The van der Waals surface area contributed by atoms with Gasteiger partial charge in [0.05, 0.1) is 11.2 Å². The van der Waals surface area contributed by atoms with Crippen LogP contribution in [0.5, 0.6) is 0 Å². The molecule has 0 amide bonds. The van der Waals surface area contributed by atoms with Gasteiger partial charge in [-0.25, -0.2) is 0 Å². The maximum absolute atomic E-state index is 12.6. The lowest BCUT2D eigenvalue weighted by Crippen LogP contribution is -2.42. The Hall–Kier alpha value is -3.44. The van der Waals surface area contributed by atoms with Gasteiger partial charge in [0.25, 0.3) is 0 Å². The number of likely N-dealkylation sites (tertiary alicyclic amines) is 1. The van der Waals surface area contributed by atoms with E-state index in [4.69, 9.17) is 4.84 Å². The summed E-state index contributed by atoms with van der Waals surface area (Å²) in [6, 6.07) is 18.2. The second kappa shape index (κ2) is 8.73. The van der Waals surface area contributed by atoms with Crippen molar-refractivity contribution in [2.24, 2.45) is 0 Å². The van der Waals surface area contributed by atoms with Gasteiger partial charge < -0.3 is 4.90 Å². The summed E-state index contributed by atoms with van der Waals surface area (Å²) in [7, 11) is 0. The van der Waals surface area contributed by atoms with E-state index in [0.29, 0.717) is 0 Å². The lowest BCUT2D eigenvalue weighted by Gasteiger charge is -2.36. The average molecular weight is 454 g/mol. The number of fused-ring (bicyclic) bond motifs is 1. The number of carbonyl (C=O) groups is 1. The first-order chi connectivity index (χ1) is 16.3. The van der Waals surface area contributed by atoms with E-state index < -0.39 is 0 Å². The van der Waals surface area contributed by atoms with Crippen LogP contribution < -0.4 is 5.48 Å². The van der Waals surface area contributed by atoms with Crippen LogP contribution in [0.2, 0.25) is 0 Å². The third-order valence-corrected chi connectivity index (χ3v) is 6.79. The molecule has 0 saturated carbocycles. The number of pyridine rings is 1. The van der Waals surface area contributed by atoms with E-state index in [1.165, 1.54) is 5.56 Å². The second-order valence-electron chi connectivity index (χ2n) is 10.3. The van der Waals surface area contributed by atoms with Gasteiger partial charge in [0.1, 0.15) is 5.60 Å². The fraction of sp³-hybridized carbons (Fsp3) is 0.310. The smallest absolute Gasteiger partial charge is 0.187 e. The molecule has 0 radical (unpaired) electrons. The molecule has 5 nitrogen and oxygen atoms in total. The molecule has 5 heteroatoms. The Balaban J connectivity index is 1.21. The van der Waals surface area contributed by atoms with Crippen molar-refractivity contribution < 1.29 is 9.63 Å². The molecule has 34 heavy (non-hydrogen) atoms. The molecule has 1 aromatic heterocycles. The lowest BCUT2D eigenvalue weighted by atomic mass is 9.86. The van der Waals surface area contributed by atoms with Crippen LogP contribution >= 0.6 is 0 Å². The lowest BCUT2D eigenvalue weighted by molar-refractivity contribution is -0.0639. The first kappa shape index (κ1) is 22.4. The van der Waals surface area contributed by atoms with Gasteiger partial charge in [-0.2, -0.15) is 0 Å². The Morgan fingerprint density at radius 3 is 2.56 bits per heavy atom. The number of aromatic nitrogens is 1. The minimum absolute atomic E-state index is 0.0329. The van der Waals surface area contributed by atoms with E-state index in [9.17, 15) is 4.79 Å². The molecule has 2 aromatic carbocycles.